The Kier molecular flexibility index (Phi) is 8.31. The molecule has 1 heterocycles. The number of benzene rings is 3. The molecule has 3 aromatic rings. The van der Waals surface area contributed by atoms with Crippen molar-refractivity contribution in [2.75, 3.05) is 24.4 Å². The Hall–Kier alpha value is -4.59. The normalized spacial score (nSPS) is 18.3. The van der Waals surface area contributed by atoms with E-state index in [2.05, 4.69) is 50.4 Å². The molecule has 0 spiro atoms. The molecule has 0 bridgehead atoms. The quantitative estimate of drug-likeness (QED) is 0.317. The van der Waals surface area contributed by atoms with E-state index in [-0.39, 0.29) is 36.4 Å². The van der Waals surface area contributed by atoms with Gasteiger partial charge in [-0.3, -0.25) is 19.3 Å². The minimum atomic E-state index is -1.06. The summed E-state index contributed by atoms with van der Waals surface area (Å²) in [4.78, 5) is 41.2. The van der Waals surface area contributed by atoms with Crippen LogP contribution in [0, 0.1) is 0 Å². The topological polar surface area (TPSA) is 105 Å². The van der Waals surface area contributed by atoms with E-state index < -0.39 is 17.9 Å². The second-order valence-electron chi connectivity index (χ2n) is 12.1. The van der Waals surface area contributed by atoms with Crippen LogP contribution in [0.2, 0.25) is 0 Å². The maximum Gasteiger partial charge on any atom is 0.303 e. The molecule has 0 radical (unpaired) electrons. The van der Waals surface area contributed by atoms with Crippen molar-refractivity contribution in [1.29, 1.82) is 0 Å². The number of rotatable bonds is 7. The predicted octanol–water partition coefficient (Wildman–Crippen LogP) is 6.77. The number of carboxylic acid groups (broad SMARTS) is 1. The molecule has 2 atom stereocenters. The number of aliphatic carboxylic acids is 1. The minimum Gasteiger partial charge on any atom is -0.493 e. The number of fused-ring (bicyclic) bond motifs is 1. The van der Waals surface area contributed by atoms with Crippen molar-refractivity contribution in [3.05, 3.63) is 94.7 Å². The third-order valence-electron chi connectivity index (χ3n) is 8.28. The number of nitrogens with one attached hydrogen (secondary N) is 1. The van der Waals surface area contributed by atoms with Gasteiger partial charge in [0, 0.05) is 24.1 Å². The van der Waals surface area contributed by atoms with Crippen LogP contribution in [0.15, 0.2) is 78.0 Å². The Morgan fingerprint density at radius 1 is 0.907 bits per heavy atom. The molecular weight excluding hydrogens is 544 g/mol. The second-order valence-corrected chi connectivity index (χ2v) is 12.1. The molecule has 0 fully saturated rings. The van der Waals surface area contributed by atoms with Gasteiger partial charge in [0.1, 0.15) is 0 Å². The average molecular weight is 583 g/mol. The highest BCUT2D eigenvalue weighted by Crippen LogP contribution is 2.48. The lowest BCUT2D eigenvalue weighted by molar-refractivity contribution is -0.138. The van der Waals surface area contributed by atoms with Gasteiger partial charge in [0.2, 0.25) is 5.91 Å². The summed E-state index contributed by atoms with van der Waals surface area (Å²) in [6, 6.07) is 20.5. The molecule has 1 amide bonds. The summed E-state index contributed by atoms with van der Waals surface area (Å²) in [6.07, 6.45) is 0.320. The maximum atomic E-state index is 14.3. The monoisotopic (exact) mass is 582 g/mol. The average Bonchev–Trinajstić information content (AvgIpc) is 3.13. The van der Waals surface area contributed by atoms with Gasteiger partial charge in [-0.1, -0.05) is 63.2 Å². The number of ether oxygens (including phenoxy) is 2. The number of carboxylic acids is 1. The van der Waals surface area contributed by atoms with Crippen molar-refractivity contribution < 1.29 is 29.0 Å². The number of allylic oxidation sites excluding steroid dienone is 1. The van der Waals surface area contributed by atoms with Gasteiger partial charge in [-0.25, -0.2) is 0 Å². The number of carbonyl (C=O) groups is 3. The number of methoxy groups -OCH3 is 2. The standard InChI is InChI=1S/C35H38N2O6/c1-35(2,3)24-13-10-21(11-14-24)23-18-26-33(28(38)19-23)34(22-12-15-29(42-4)30(20-22)43-5)37(31(39)16-17-32(40)41)27-9-7-6-8-25(27)36-26/h6-15,20,23,34,36H,16-19H2,1-5H3,(H,40,41)/t23-,34-/m1/s1. The molecular formula is C35H38N2O6. The van der Waals surface area contributed by atoms with Crippen LogP contribution < -0.4 is 19.7 Å². The van der Waals surface area contributed by atoms with Crippen molar-refractivity contribution in [2.24, 2.45) is 0 Å². The van der Waals surface area contributed by atoms with E-state index in [9.17, 15) is 19.5 Å². The van der Waals surface area contributed by atoms with Gasteiger partial charge < -0.3 is 19.9 Å². The lowest BCUT2D eigenvalue weighted by atomic mass is 9.77. The summed E-state index contributed by atoms with van der Waals surface area (Å²) in [7, 11) is 3.08. The molecule has 1 aliphatic heterocycles. The Labute approximate surface area is 252 Å². The zero-order chi connectivity index (χ0) is 30.9. The Morgan fingerprint density at radius 2 is 1.58 bits per heavy atom. The van der Waals surface area contributed by atoms with Crippen LogP contribution in [0.5, 0.6) is 11.5 Å². The van der Waals surface area contributed by atoms with Crippen LogP contribution in [0.3, 0.4) is 0 Å². The second kappa shape index (κ2) is 12.0. The minimum absolute atomic E-state index is 0.0203. The van der Waals surface area contributed by atoms with Gasteiger partial charge in [-0.2, -0.15) is 0 Å². The molecule has 0 aromatic heterocycles. The van der Waals surface area contributed by atoms with Gasteiger partial charge in [0.05, 0.1) is 38.1 Å². The summed E-state index contributed by atoms with van der Waals surface area (Å²) in [5, 5.41) is 12.9. The number of hydrogen-bond acceptors (Lipinski definition) is 6. The fourth-order valence-electron chi connectivity index (χ4n) is 6.03. The van der Waals surface area contributed by atoms with Crippen LogP contribution in [-0.4, -0.2) is 37.0 Å². The van der Waals surface area contributed by atoms with Crippen LogP contribution in [0.1, 0.15) is 75.1 Å². The van der Waals surface area contributed by atoms with Crippen LogP contribution in [0.4, 0.5) is 11.4 Å². The smallest absolute Gasteiger partial charge is 0.303 e. The first-order chi connectivity index (χ1) is 20.5. The lowest BCUT2D eigenvalue weighted by Gasteiger charge is -2.35. The molecule has 224 valence electrons. The molecule has 43 heavy (non-hydrogen) atoms. The van der Waals surface area contributed by atoms with Crippen LogP contribution >= 0.6 is 0 Å². The van der Waals surface area contributed by atoms with E-state index in [1.54, 1.807) is 24.1 Å². The van der Waals surface area contributed by atoms with Crippen molar-refractivity contribution >= 4 is 29.0 Å². The molecule has 5 rings (SSSR count). The number of anilines is 2. The van der Waals surface area contributed by atoms with Crippen molar-refractivity contribution in [1.82, 2.24) is 0 Å². The van der Waals surface area contributed by atoms with Gasteiger partial charge in [0.25, 0.3) is 0 Å². The molecule has 1 aliphatic carbocycles. The summed E-state index contributed by atoms with van der Waals surface area (Å²) in [5.74, 6) is -0.581. The first kappa shape index (κ1) is 29.9. The molecule has 3 aromatic carbocycles. The Balaban J connectivity index is 1.67. The number of para-hydroxylation sites is 2. The SMILES string of the molecule is COc1ccc([C@@H]2C3=C(C[C@@H](c4ccc(C(C)(C)C)cc4)CC3=O)Nc3ccccc3N2C(=O)CCC(=O)O)cc1OC. The van der Waals surface area contributed by atoms with Crippen LogP contribution in [0.25, 0.3) is 0 Å². The van der Waals surface area contributed by atoms with Crippen molar-refractivity contribution in [3.63, 3.8) is 0 Å². The molecule has 2 aliphatic rings. The highest BCUT2D eigenvalue weighted by Gasteiger charge is 2.42. The zero-order valence-electron chi connectivity index (χ0n) is 25.3. The van der Waals surface area contributed by atoms with Gasteiger partial charge >= 0.3 is 5.97 Å². The summed E-state index contributed by atoms with van der Waals surface area (Å²) in [5.41, 5.74) is 5.49. The fraction of sp³-hybridized carbons (Fsp3) is 0.343. The van der Waals surface area contributed by atoms with E-state index in [1.807, 2.05) is 30.3 Å². The van der Waals surface area contributed by atoms with E-state index in [0.29, 0.717) is 40.4 Å². The molecule has 0 unspecified atom stereocenters. The predicted molar refractivity (Wildman–Crippen MR) is 166 cm³/mol. The van der Waals surface area contributed by atoms with Crippen molar-refractivity contribution in [3.8, 4) is 11.5 Å². The highest BCUT2D eigenvalue weighted by molar-refractivity contribution is 6.06. The molecule has 8 nitrogen and oxygen atoms in total. The molecule has 2 N–H and O–H groups in total. The lowest BCUT2D eigenvalue weighted by Crippen LogP contribution is -2.38. The number of Topliss-reactive ketones (excluding diaryl/α,β-unsaturated/α-hetero) is 1. The van der Waals surface area contributed by atoms with Gasteiger partial charge in [0.15, 0.2) is 17.3 Å². The van der Waals surface area contributed by atoms with Gasteiger partial charge in [-0.15, -0.1) is 0 Å². The summed E-state index contributed by atoms with van der Waals surface area (Å²) >= 11 is 0. The highest BCUT2D eigenvalue weighted by atomic mass is 16.5. The third-order valence-corrected chi connectivity index (χ3v) is 8.28. The first-order valence-corrected chi connectivity index (χ1v) is 14.5. The molecule has 0 saturated heterocycles. The largest absolute Gasteiger partial charge is 0.493 e. The fourth-order valence-corrected chi connectivity index (χ4v) is 6.03. The number of amides is 1. The third kappa shape index (κ3) is 6.00. The summed E-state index contributed by atoms with van der Waals surface area (Å²) in [6.45, 7) is 6.52. The number of ketones is 1. The van der Waals surface area contributed by atoms with E-state index in [0.717, 1.165) is 11.3 Å². The Bertz CT molecular complexity index is 1580. The molecule has 0 saturated carbocycles. The number of hydrogen-bond donors (Lipinski definition) is 2. The molecule has 8 heteroatoms. The van der Waals surface area contributed by atoms with Gasteiger partial charge in [-0.05, 0) is 58.7 Å². The number of nitrogens with zero attached hydrogens (tertiary/aromatic N) is 1. The van der Waals surface area contributed by atoms with E-state index >= 15 is 0 Å². The van der Waals surface area contributed by atoms with E-state index in [1.165, 1.54) is 12.7 Å². The van der Waals surface area contributed by atoms with Crippen LogP contribution in [-0.2, 0) is 19.8 Å². The Morgan fingerprint density at radius 3 is 2.23 bits per heavy atom. The summed E-state index contributed by atoms with van der Waals surface area (Å²) < 4.78 is 11.0. The number of carbonyl (C=O) groups excluding carboxylic acids is 2. The zero-order valence-corrected chi connectivity index (χ0v) is 25.3. The van der Waals surface area contributed by atoms with Crippen molar-refractivity contribution in [2.45, 2.75) is 63.8 Å². The maximum absolute atomic E-state index is 14.3. The first-order valence-electron chi connectivity index (χ1n) is 14.5. The van der Waals surface area contributed by atoms with E-state index in [4.69, 9.17) is 9.47 Å².